The Hall–Kier alpha value is -1.10. The summed E-state index contributed by atoms with van der Waals surface area (Å²) in [7, 11) is 0. The fraction of sp³-hybridized carbons (Fsp3) is 0.800. The quantitative estimate of drug-likeness (QED) is 0.729. The molecule has 0 saturated heterocycles. The molecule has 1 amide bonds. The van der Waals surface area contributed by atoms with Crippen LogP contribution in [0.5, 0.6) is 0 Å². The van der Waals surface area contributed by atoms with E-state index >= 15 is 0 Å². The van der Waals surface area contributed by atoms with Gasteiger partial charge in [0.05, 0.1) is 11.7 Å². The first-order valence-corrected chi connectivity index (χ1v) is 4.81. The fourth-order valence-electron chi connectivity index (χ4n) is 1.22. The molecule has 0 radical (unpaired) electrons. The van der Waals surface area contributed by atoms with Crippen molar-refractivity contribution in [2.45, 2.75) is 52.4 Å². The van der Waals surface area contributed by atoms with Gasteiger partial charge >= 0.3 is 5.97 Å². The van der Waals surface area contributed by atoms with Crippen LogP contribution in [0.3, 0.4) is 0 Å². The summed E-state index contributed by atoms with van der Waals surface area (Å²) in [5.41, 5.74) is -0.439. The number of hydrogen-bond acceptors (Lipinski definition) is 3. The summed E-state index contributed by atoms with van der Waals surface area (Å²) in [5, 5.41) is 11.2. The molecule has 0 saturated carbocycles. The topological polar surface area (TPSA) is 75.6 Å². The van der Waals surface area contributed by atoms with Crippen LogP contribution in [0.2, 0.25) is 0 Å². The summed E-state index contributed by atoms with van der Waals surface area (Å²) in [6, 6.07) is -1.01. The number of rotatable bonds is 4. The van der Waals surface area contributed by atoms with E-state index in [0.717, 1.165) is 0 Å². The predicted octanol–water partition coefficient (Wildman–Crippen LogP) is 0.779. The minimum absolute atomic E-state index is 0.383. The average molecular weight is 217 g/mol. The Balaban J connectivity index is 4.49. The Morgan fingerprint density at radius 3 is 2.07 bits per heavy atom. The zero-order valence-corrected chi connectivity index (χ0v) is 9.83. The molecule has 0 heterocycles. The highest BCUT2D eigenvalue weighted by Gasteiger charge is 2.29. The second kappa shape index (κ2) is 5.11. The largest absolute Gasteiger partial charge is 0.480 e. The minimum Gasteiger partial charge on any atom is -0.480 e. The molecule has 0 aliphatic heterocycles. The SMILES string of the molecule is CC(=O)N[C@H](C(=O)O)[C@@H](C)OC(C)(C)C. The van der Waals surface area contributed by atoms with Crippen LogP contribution in [0.25, 0.3) is 0 Å². The maximum Gasteiger partial charge on any atom is 0.328 e. The van der Waals surface area contributed by atoms with Gasteiger partial charge in [0.1, 0.15) is 0 Å². The van der Waals surface area contributed by atoms with Gasteiger partial charge in [0.15, 0.2) is 6.04 Å². The van der Waals surface area contributed by atoms with Crippen LogP contribution in [0, 0.1) is 0 Å². The zero-order chi connectivity index (χ0) is 12.2. The van der Waals surface area contributed by atoms with Gasteiger partial charge in [-0.3, -0.25) is 4.79 Å². The van der Waals surface area contributed by atoms with Gasteiger partial charge < -0.3 is 15.2 Å². The van der Waals surface area contributed by atoms with Gasteiger partial charge in [0.2, 0.25) is 5.91 Å². The van der Waals surface area contributed by atoms with Gasteiger partial charge in [-0.25, -0.2) is 4.79 Å². The standard InChI is InChI=1S/C10H19NO4/c1-6(15-10(3,4)5)8(9(13)14)11-7(2)12/h6,8H,1-5H3,(H,11,12)(H,13,14)/t6-,8+/m1/s1. The lowest BCUT2D eigenvalue weighted by Crippen LogP contribution is -2.49. The first kappa shape index (κ1) is 13.9. The molecule has 2 atom stereocenters. The lowest BCUT2D eigenvalue weighted by atomic mass is 10.1. The molecule has 0 aliphatic rings. The number of hydrogen-bond donors (Lipinski definition) is 2. The average Bonchev–Trinajstić information content (AvgIpc) is 1.95. The molecule has 0 aromatic rings. The normalized spacial score (nSPS) is 15.5. The number of amides is 1. The number of aliphatic carboxylic acids is 1. The predicted molar refractivity (Wildman–Crippen MR) is 55.5 cm³/mol. The summed E-state index contributed by atoms with van der Waals surface area (Å²) in [5.74, 6) is -1.48. The van der Waals surface area contributed by atoms with E-state index in [-0.39, 0.29) is 5.91 Å². The molecule has 0 spiro atoms. The molecular weight excluding hydrogens is 198 g/mol. The van der Waals surface area contributed by atoms with E-state index in [1.807, 2.05) is 20.8 Å². The lowest BCUT2D eigenvalue weighted by molar-refractivity contribution is -0.149. The van der Waals surface area contributed by atoms with Gasteiger partial charge in [-0.2, -0.15) is 0 Å². The summed E-state index contributed by atoms with van der Waals surface area (Å²) < 4.78 is 5.47. The van der Waals surface area contributed by atoms with Crippen molar-refractivity contribution in [2.24, 2.45) is 0 Å². The van der Waals surface area contributed by atoms with Crippen LogP contribution in [0.4, 0.5) is 0 Å². The molecule has 0 rings (SSSR count). The highest BCUT2D eigenvalue weighted by atomic mass is 16.5. The van der Waals surface area contributed by atoms with Crippen LogP contribution in [-0.4, -0.2) is 34.7 Å². The van der Waals surface area contributed by atoms with E-state index in [2.05, 4.69) is 5.32 Å². The Morgan fingerprint density at radius 1 is 1.33 bits per heavy atom. The van der Waals surface area contributed by atoms with Crippen molar-refractivity contribution in [2.75, 3.05) is 0 Å². The highest BCUT2D eigenvalue weighted by molar-refractivity contribution is 5.82. The third-order valence-corrected chi connectivity index (χ3v) is 1.63. The first-order valence-electron chi connectivity index (χ1n) is 4.81. The first-order chi connectivity index (χ1) is 6.63. The Labute approximate surface area is 89.8 Å². The molecule has 0 unspecified atom stereocenters. The van der Waals surface area contributed by atoms with Gasteiger partial charge in [-0.1, -0.05) is 0 Å². The highest BCUT2D eigenvalue weighted by Crippen LogP contribution is 2.13. The molecule has 0 aromatic heterocycles. The molecule has 15 heavy (non-hydrogen) atoms. The van der Waals surface area contributed by atoms with Crippen LogP contribution in [0.15, 0.2) is 0 Å². The maximum atomic E-state index is 10.9. The smallest absolute Gasteiger partial charge is 0.328 e. The molecule has 5 heteroatoms. The van der Waals surface area contributed by atoms with E-state index in [1.165, 1.54) is 6.92 Å². The molecule has 0 aromatic carbocycles. The Kier molecular flexibility index (Phi) is 4.74. The molecule has 2 N–H and O–H groups in total. The Morgan fingerprint density at radius 2 is 1.80 bits per heavy atom. The van der Waals surface area contributed by atoms with Gasteiger partial charge in [0.25, 0.3) is 0 Å². The lowest BCUT2D eigenvalue weighted by Gasteiger charge is -2.29. The summed E-state index contributed by atoms with van der Waals surface area (Å²) in [4.78, 5) is 21.7. The number of ether oxygens (including phenoxy) is 1. The van der Waals surface area contributed by atoms with Crippen molar-refractivity contribution in [3.63, 3.8) is 0 Å². The van der Waals surface area contributed by atoms with Gasteiger partial charge in [0, 0.05) is 6.92 Å². The fourth-order valence-corrected chi connectivity index (χ4v) is 1.22. The van der Waals surface area contributed by atoms with E-state index in [1.54, 1.807) is 6.92 Å². The summed E-state index contributed by atoms with van der Waals surface area (Å²) in [6.45, 7) is 8.39. The second-order valence-electron chi connectivity index (χ2n) is 4.45. The molecule has 88 valence electrons. The number of nitrogens with one attached hydrogen (secondary N) is 1. The summed E-state index contributed by atoms with van der Waals surface area (Å²) >= 11 is 0. The van der Waals surface area contributed by atoms with E-state index in [0.29, 0.717) is 0 Å². The van der Waals surface area contributed by atoms with Crippen LogP contribution in [-0.2, 0) is 14.3 Å². The van der Waals surface area contributed by atoms with Crippen LogP contribution >= 0.6 is 0 Å². The second-order valence-corrected chi connectivity index (χ2v) is 4.45. The van der Waals surface area contributed by atoms with Crippen LogP contribution in [0.1, 0.15) is 34.6 Å². The van der Waals surface area contributed by atoms with Crippen molar-refractivity contribution in [3.05, 3.63) is 0 Å². The van der Waals surface area contributed by atoms with Gasteiger partial charge in [-0.15, -0.1) is 0 Å². The Bertz CT molecular complexity index is 244. The van der Waals surface area contributed by atoms with E-state index < -0.39 is 23.7 Å². The van der Waals surface area contributed by atoms with Crippen molar-refractivity contribution >= 4 is 11.9 Å². The summed E-state index contributed by atoms with van der Waals surface area (Å²) in [6.07, 6.45) is -0.577. The number of carboxylic acid groups (broad SMARTS) is 1. The molecule has 0 fully saturated rings. The minimum atomic E-state index is -1.10. The molecule has 0 bridgehead atoms. The van der Waals surface area contributed by atoms with Crippen molar-refractivity contribution in [1.29, 1.82) is 0 Å². The van der Waals surface area contributed by atoms with Crippen molar-refractivity contribution in [3.8, 4) is 0 Å². The van der Waals surface area contributed by atoms with Crippen LogP contribution < -0.4 is 5.32 Å². The van der Waals surface area contributed by atoms with E-state index in [9.17, 15) is 9.59 Å². The van der Waals surface area contributed by atoms with E-state index in [4.69, 9.17) is 9.84 Å². The molecule has 0 aliphatic carbocycles. The monoisotopic (exact) mass is 217 g/mol. The van der Waals surface area contributed by atoms with Crippen molar-refractivity contribution < 1.29 is 19.4 Å². The third kappa shape index (κ3) is 6.06. The number of carbonyl (C=O) groups excluding carboxylic acids is 1. The number of carboxylic acids is 1. The maximum absolute atomic E-state index is 10.9. The number of carbonyl (C=O) groups is 2. The van der Waals surface area contributed by atoms with Gasteiger partial charge in [-0.05, 0) is 27.7 Å². The molecular formula is C10H19NO4. The molecule has 5 nitrogen and oxygen atoms in total. The van der Waals surface area contributed by atoms with Crippen molar-refractivity contribution in [1.82, 2.24) is 5.32 Å². The third-order valence-electron chi connectivity index (χ3n) is 1.63. The zero-order valence-electron chi connectivity index (χ0n) is 9.83.